The van der Waals surface area contributed by atoms with Crippen molar-refractivity contribution < 1.29 is 10.0 Å². The maximum atomic E-state index is 12.3. The standard InChI is InChI=1S/C13H23N3O2/c14-13(15-18)11-7-3-4-8-16(11)12(17)9-10-5-1-2-6-10/h10-11,18H,1-9H2,(H2,14,15). The van der Waals surface area contributed by atoms with Crippen molar-refractivity contribution >= 4 is 11.7 Å². The van der Waals surface area contributed by atoms with Crippen LogP contribution in [0, 0.1) is 5.92 Å². The molecular weight excluding hydrogens is 230 g/mol. The van der Waals surface area contributed by atoms with Crippen LogP contribution in [-0.4, -0.2) is 34.4 Å². The molecule has 2 aliphatic rings. The number of amidine groups is 1. The first-order valence-electron chi connectivity index (χ1n) is 6.99. The molecule has 1 saturated heterocycles. The van der Waals surface area contributed by atoms with E-state index in [0.717, 1.165) is 25.8 Å². The summed E-state index contributed by atoms with van der Waals surface area (Å²) in [5.74, 6) is 0.903. The quantitative estimate of drug-likeness (QED) is 0.348. The molecule has 0 aromatic rings. The number of nitrogens with two attached hydrogens (primary N) is 1. The van der Waals surface area contributed by atoms with Gasteiger partial charge in [0.2, 0.25) is 5.91 Å². The number of amides is 1. The zero-order valence-electron chi connectivity index (χ0n) is 10.8. The number of hydrogen-bond acceptors (Lipinski definition) is 3. The second kappa shape index (κ2) is 6.07. The van der Waals surface area contributed by atoms with Crippen molar-refractivity contribution in [2.75, 3.05) is 6.54 Å². The highest BCUT2D eigenvalue weighted by Gasteiger charge is 2.31. The molecule has 1 saturated carbocycles. The van der Waals surface area contributed by atoms with E-state index in [-0.39, 0.29) is 17.8 Å². The molecule has 0 spiro atoms. The van der Waals surface area contributed by atoms with E-state index in [1.807, 2.05) is 4.90 Å². The highest BCUT2D eigenvalue weighted by atomic mass is 16.4. The topological polar surface area (TPSA) is 78.9 Å². The molecule has 2 rings (SSSR count). The number of nitrogens with zero attached hydrogens (tertiary/aromatic N) is 2. The van der Waals surface area contributed by atoms with Gasteiger partial charge in [0.25, 0.3) is 0 Å². The lowest BCUT2D eigenvalue weighted by Gasteiger charge is -2.35. The predicted octanol–water partition coefficient (Wildman–Crippen LogP) is 1.69. The number of carbonyl (C=O) groups excluding carboxylic acids is 1. The van der Waals surface area contributed by atoms with Crippen molar-refractivity contribution in [3.63, 3.8) is 0 Å². The normalized spacial score (nSPS) is 26.6. The number of piperidine rings is 1. The molecule has 5 nitrogen and oxygen atoms in total. The number of carbonyl (C=O) groups is 1. The molecule has 1 aliphatic heterocycles. The van der Waals surface area contributed by atoms with E-state index in [1.54, 1.807) is 0 Å². The van der Waals surface area contributed by atoms with Gasteiger partial charge in [-0.1, -0.05) is 18.0 Å². The van der Waals surface area contributed by atoms with Gasteiger partial charge < -0.3 is 15.8 Å². The first-order chi connectivity index (χ1) is 8.72. The SMILES string of the molecule is NC(=NO)C1CCCCN1C(=O)CC1CCCC1. The van der Waals surface area contributed by atoms with Crippen molar-refractivity contribution in [2.24, 2.45) is 16.8 Å². The molecule has 1 unspecified atom stereocenters. The van der Waals surface area contributed by atoms with Gasteiger partial charge in [-0.3, -0.25) is 4.79 Å². The molecule has 1 aliphatic carbocycles. The van der Waals surface area contributed by atoms with E-state index in [4.69, 9.17) is 10.9 Å². The summed E-state index contributed by atoms with van der Waals surface area (Å²) in [6, 6.07) is -0.197. The fourth-order valence-corrected chi connectivity index (χ4v) is 3.18. The summed E-state index contributed by atoms with van der Waals surface area (Å²) in [6.45, 7) is 0.742. The van der Waals surface area contributed by atoms with Gasteiger partial charge in [-0.2, -0.15) is 0 Å². The van der Waals surface area contributed by atoms with Crippen LogP contribution in [0.15, 0.2) is 5.16 Å². The van der Waals surface area contributed by atoms with Crippen LogP contribution in [0.2, 0.25) is 0 Å². The van der Waals surface area contributed by atoms with Crippen LogP contribution in [-0.2, 0) is 4.79 Å². The summed E-state index contributed by atoms with van der Waals surface area (Å²) in [5, 5.41) is 11.9. The summed E-state index contributed by atoms with van der Waals surface area (Å²) < 4.78 is 0. The smallest absolute Gasteiger partial charge is 0.223 e. The van der Waals surface area contributed by atoms with Crippen LogP contribution in [0.5, 0.6) is 0 Å². The van der Waals surface area contributed by atoms with Crippen molar-refractivity contribution in [3.05, 3.63) is 0 Å². The van der Waals surface area contributed by atoms with Crippen molar-refractivity contribution in [1.82, 2.24) is 4.90 Å². The zero-order valence-corrected chi connectivity index (χ0v) is 10.8. The minimum atomic E-state index is -0.197. The number of oxime groups is 1. The molecule has 5 heteroatoms. The molecule has 1 atom stereocenters. The lowest BCUT2D eigenvalue weighted by Crippen LogP contribution is -2.50. The van der Waals surface area contributed by atoms with Crippen molar-refractivity contribution in [3.8, 4) is 0 Å². The number of likely N-dealkylation sites (tertiary alicyclic amines) is 1. The van der Waals surface area contributed by atoms with Gasteiger partial charge in [-0.05, 0) is 38.0 Å². The van der Waals surface area contributed by atoms with Crippen molar-refractivity contribution in [2.45, 2.75) is 57.4 Å². The summed E-state index contributed by atoms with van der Waals surface area (Å²) in [6.07, 6.45) is 8.35. The number of hydrogen-bond donors (Lipinski definition) is 2. The van der Waals surface area contributed by atoms with E-state index >= 15 is 0 Å². The third-order valence-corrected chi connectivity index (χ3v) is 4.22. The Morgan fingerprint density at radius 2 is 1.89 bits per heavy atom. The maximum Gasteiger partial charge on any atom is 0.223 e. The van der Waals surface area contributed by atoms with Crippen LogP contribution in [0.25, 0.3) is 0 Å². The Bertz CT molecular complexity index is 324. The molecule has 1 heterocycles. The maximum absolute atomic E-state index is 12.3. The Labute approximate surface area is 108 Å². The lowest BCUT2D eigenvalue weighted by atomic mass is 9.98. The average Bonchev–Trinajstić information content (AvgIpc) is 2.90. The number of rotatable bonds is 3. The highest BCUT2D eigenvalue weighted by molar-refractivity contribution is 5.90. The first kappa shape index (κ1) is 13.2. The van der Waals surface area contributed by atoms with Gasteiger partial charge in [0.15, 0.2) is 5.84 Å². The molecule has 102 valence electrons. The highest BCUT2D eigenvalue weighted by Crippen LogP contribution is 2.29. The fraction of sp³-hybridized carbons (Fsp3) is 0.846. The molecule has 3 N–H and O–H groups in total. The molecule has 1 amide bonds. The predicted molar refractivity (Wildman–Crippen MR) is 69.3 cm³/mol. The monoisotopic (exact) mass is 253 g/mol. The summed E-state index contributed by atoms with van der Waals surface area (Å²) in [5.41, 5.74) is 5.69. The van der Waals surface area contributed by atoms with Crippen LogP contribution >= 0.6 is 0 Å². The average molecular weight is 253 g/mol. The molecule has 0 bridgehead atoms. The third-order valence-electron chi connectivity index (χ3n) is 4.22. The van der Waals surface area contributed by atoms with Gasteiger partial charge in [0.1, 0.15) is 0 Å². The Morgan fingerprint density at radius 1 is 1.22 bits per heavy atom. The molecule has 18 heavy (non-hydrogen) atoms. The Kier molecular flexibility index (Phi) is 4.44. The summed E-state index contributed by atoms with van der Waals surface area (Å²) >= 11 is 0. The molecule has 0 aromatic carbocycles. The zero-order chi connectivity index (χ0) is 13.0. The molecule has 0 aromatic heterocycles. The van der Waals surface area contributed by atoms with Gasteiger partial charge in [0.05, 0.1) is 6.04 Å². The van der Waals surface area contributed by atoms with Crippen LogP contribution in [0.4, 0.5) is 0 Å². The summed E-state index contributed by atoms with van der Waals surface area (Å²) in [7, 11) is 0. The van der Waals surface area contributed by atoms with Crippen LogP contribution in [0.3, 0.4) is 0 Å². The Balaban J connectivity index is 1.96. The second-order valence-electron chi connectivity index (χ2n) is 5.48. The minimum Gasteiger partial charge on any atom is -0.409 e. The van der Waals surface area contributed by atoms with Gasteiger partial charge in [-0.25, -0.2) is 0 Å². The minimum absolute atomic E-state index is 0.175. The Hall–Kier alpha value is -1.26. The molecule has 2 fully saturated rings. The van der Waals surface area contributed by atoms with Crippen LogP contribution in [0.1, 0.15) is 51.4 Å². The van der Waals surface area contributed by atoms with E-state index in [1.165, 1.54) is 25.7 Å². The Morgan fingerprint density at radius 3 is 2.56 bits per heavy atom. The van der Waals surface area contributed by atoms with E-state index in [2.05, 4.69) is 5.16 Å². The fourth-order valence-electron chi connectivity index (χ4n) is 3.18. The second-order valence-corrected chi connectivity index (χ2v) is 5.48. The summed E-state index contributed by atoms with van der Waals surface area (Å²) in [4.78, 5) is 14.1. The van der Waals surface area contributed by atoms with Crippen LogP contribution < -0.4 is 5.73 Å². The van der Waals surface area contributed by atoms with E-state index in [0.29, 0.717) is 12.3 Å². The van der Waals surface area contributed by atoms with E-state index < -0.39 is 0 Å². The largest absolute Gasteiger partial charge is 0.409 e. The lowest BCUT2D eigenvalue weighted by molar-refractivity contribution is -0.134. The van der Waals surface area contributed by atoms with Gasteiger partial charge in [-0.15, -0.1) is 0 Å². The van der Waals surface area contributed by atoms with Crippen molar-refractivity contribution in [1.29, 1.82) is 0 Å². The van der Waals surface area contributed by atoms with E-state index in [9.17, 15) is 4.79 Å². The van der Waals surface area contributed by atoms with Gasteiger partial charge in [0, 0.05) is 13.0 Å². The van der Waals surface area contributed by atoms with Gasteiger partial charge >= 0.3 is 0 Å². The molecule has 0 radical (unpaired) electrons. The third kappa shape index (κ3) is 2.94. The first-order valence-corrected chi connectivity index (χ1v) is 6.99. The molecular formula is C13H23N3O2.